The molecule has 2 aliphatic heterocycles. The third-order valence-corrected chi connectivity index (χ3v) is 33.3. The van der Waals surface area contributed by atoms with Crippen molar-refractivity contribution in [3.8, 4) is 50.6 Å². The fourth-order valence-electron chi connectivity index (χ4n) is 22.1. The third-order valence-electron chi connectivity index (χ3n) is 29.3. The highest BCUT2D eigenvalue weighted by molar-refractivity contribution is 7.99. The number of halogens is 3. The number of aliphatic hydroxyl groups is 1. The van der Waals surface area contributed by atoms with E-state index in [1.165, 1.54) is 95.3 Å². The predicted octanol–water partition coefficient (Wildman–Crippen LogP) is 23.4. The average molecular weight is 2110 g/mol. The van der Waals surface area contributed by atoms with Gasteiger partial charge in [-0.3, -0.25) is 42.8 Å². The lowest BCUT2D eigenvalue weighted by molar-refractivity contribution is 0.0578. The van der Waals surface area contributed by atoms with Crippen molar-refractivity contribution >= 4 is 121 Å². The number of benzene rings is 6. The number of aromatic carboxylic acids is 1. The summed E-state index contributed by atoms with van der Waals surface area (Å²) >= 11 is 26.5. The molecule has 782 valence electrons. The predicted molar refractivity (Wildman–Crippen MR) is 592 cm³/mol. The Morgan fingerprint density at radius 2 is 0.918 bits per heavy atom. The molecule has 0 radical (unpaired) electrons. The highest BCUT2D eigenvalue weighted by atomic mass is 35.5. The van der Waals surface area contributed by atoms with Crippen molar-refractivity contribution in [3.05, 3.63) is 242 Å². The standard InChI is InChI=1S/C37H45ClN6O4S.C37H43ClN6O3S.C36H41ClN6O3S.3CH4/c1-22-33-31(44(14-9-15-45)36(22)37(47)48-6)13-12-29(38)35(33)34-23(2)42(4)40-30(34)20-41(3)19-25-17-26(43(5)39-25)21-49-27-16-24-10-7-8-11-28(24)32(46)18-27;1-22-33-31-13-12-29(38)35(33)34-23(2)42(4)40-30(34)20-41(3)19-25-17-26(43(5)39-25)21-48-27-16-24-10-7-8-11-28(24)32(18-27)47-15-9-14-44(31)36(22)37(45)46-6;1-21-32-30-12-11-28(37)34(32)33-22(2)41(4)39-29(33)19-40(3)18-24-16-25(42(5)38-24)20-47-26-15-23-9-6-7-10-27(23)31(17-26)46-14-8-13-43(30)35(21)36(44)45;;;/h12-13,16-18,45-46H,7-11,14-15,19-21H2,1-6H3;12-13,16-18H,7-11,14-15,19-21H2,1-6H3;11-12,15-17H,6-10,13-14,18-20H2,1-5H3,(H,44,45);3*1H4. The van der Waals surface area contributed by atoms with Crippen molar-refractivity contribution in [1.82, 2.24) is 87.1 Å². The lowest BCUT2D eigenvalue weighted by Crippen LogP contribution is -2.18. The summed E-state index contributed by atoms with van der Waals surface area (Å²) in [4.78, 5) is 49.3. The number of carbonyl (C=O) groups excluding carboxylic acids is 2. The number of phenols is 1. The molecule has 16 bridgehead atoms. The summed E-state index contributed by atoms with van der Waals surface area (Å²) in [6.07, 6.45) is 15.2. The Labute approximate surface area is 890 Å². The number of hydrogen-bond acceptors (Lipinski definition) is 21. The number of aryl methyl sites for hydroxylation is 15. The molecule has 3 aliphatic carbocycles. The van der Waals surface area contributed by atoms with Crippen LogP contribution in [0.5, 0.6) is 17.2 Å². The second-order valence-corrected chi connectivity index (χ2v) is 43.5. The zero-order chi connectivity index (χ0) is 102. The van der Waals surface area contributed by atoms with Crippen LogP contribution >= 0.6 is 70.1 Å². The van der Waals surface area contributed by atoms with Gasteiger partial charge in [0.15, 0.2) is 0 Å². The summed E-state index contributed by atoms with van der Waals surface area (Å²) in [5, 5.41) is 64.5. The van der Waals surface area contributed by atoms with Gasteiger partial charge in [-0.05, 0) is 300 Å². The fourth-order valence-corrected chi connectivity index (χ4v) is 25.9. The zero-order valence-electron chi connectivity index (χ0n) is 85.5. The van der Waals surface area contributed by atoms with Crippen molar-refractivity contribution in [1.29, 1.82) is 0 Å². The van der Waals surface area contributed by atoms with Crippen LogP contribution in [0.2, 0.25) is 15.1 Å². The minimum Gasteiger partial charge on any atom is -0.508 e. The van der Waals surface area contributed by atoms with Gasteiger partial charge in [0.1, 0.15) is 34.3 Å². The van der Waals surface area contributed by atoms with E-state index in [0.29, 0.717) is 123 Å². The molecule has 0 unspecified atom stereocenters. The molecule has 5 aliphatic rings. The van der Waals surface area contributed by atoms with E-state index in [1.807, 2.05) is 180 Å². The number of hydrogen-bond donors (Lipinski definition) is 3. The monoisotopic (exact) mass is 2110 g/mol. The van der Waals surface area contributed by atoms with Crippen LogP contribution in [0.15, 0.2) is 106 Å². The van der Waals surface area contributed by atoms with Gasteiger partial charge in [0.25, 0.3) is 0 Å². The van der Waals surface area contributed by atoms with Gasteiger partial charge in [0.05, 0.1) is 61.6 Å². The Kier molecular flexibility index (Phi) is 35.1. The van der Waals surface area contributed by atoms with Crippen molar-refractivity contribution < 1.29 is 48.7 Å². The SMILES string of the molecule is C.C.C.COC(=O)c1c(C)c2c(-c3c(CN(C)Cc4cc(CSc5cc(O)c6c(c5)CCCC6)n(C)n4)nn(C)c3C)c(Cl)ccc2n1CCCO.COC(=O)c1c(C)c2c3c(Cl)ccc2n1CCCOc1cc(cc2c1CCCC2)SCc1cc(nn1C)CN(C)Cc1nn(C)c(C)c1-3.Cc1c(C(=O)O)n2c3ccc(Cl)c(c13)-c1c(nn(C)c1C)CN(C)Cc1cc(n(C)n1)CSc1cc3c(c(c1)OCCC2)CCCC3. The molecule has 0 atom stereocenters. The summed E-state index contributed by atoms with van der Waals surface area (Å²) in [5.41, 5.74) is 31.6. The molecule has 0 spiro atoms. The van der Waals surface area contributed by atoms with Gasteiger partial charge in [-0.25, -0.2) is 14.4 Å². The van der Waals surface area contributed by atoms with Crippen molar-refractivity contribution in [2.75, 3.05) is 55.2 Å². The van der Waals surface area contributed by atoms with Crippen LogP contribution in [-0.4, -0.2) is 175 Å². The Hall–Kier alpha value is -11.2. The largest absolute Gasteiger partial charge is 0.508 e. The van der Waals surface area contributed by atoms with E-state index in [1.54, 1.807) is 11.8 Å². The molecular formula is C113H141Cl3N18O10S3. The minimum atomic E-state index is -0.951. The van der Waals surface area contributed by atoms with E-state index in [-0.39, 0.29) is 40.6 Å². The van der Waals surface area contributed by atoms with Gasteiger partial charge in [0, 0.05) is 255 Å². The number of carbonyl (C=O) groups is 3. The van der Waals surface area contributed by atoms with E-state index < -0.39 is 11.9 Å². The number of rotatable bonds is 14. The van der Waals surface area contributed by atoms with Crippen LogP contribution in [0, 0.1) is 41.5 Å². The van der Waals surface area contributed by atoms with E-state index in [0.717, 1.165) is 225 Å². The maximum Gasteiger partial charge on any atom is 0.354 e. The van der Waals surface area contributed by atoms with Gasteiger partial charge in [0.2, 0.25) is 0 Å². The van der Waals surface area contributed by atoms with Crippen molar-refractivity contribution in [3.63, 3.8) is 0 Å². The van der Waals surface area contributed by atoms with Gasteiger partial charge >= 0.3 is 17.9 Å². The van der Waals surface area contributed by atoms with Crippen molar-refractivity contribution in [2.45, 2.75) is 251 Å². The molecular weight excluding hydrogens is 1970 g/mol. The number of carboxylic acid groups (broad SMARTS) is 1. The second kappa shape index (κ2) is 46.9. The van der Waals surface area contributed by atoms with Gasteiger partial charge in [-0.1, -0.05) is 57.1 Å². The Morgan fingerprint density at radius 3 is 1.42 bits per heavy atom. The summed E-state index contributed by atoms with van der Waals surface area (Å²) in [7, 11) is 20.9. The molecule has 0 fully saturated rings. The summed E-state index contributed by atoms with van der Waals surface area (Å²) in [5.74, 6) is 3.02. The smallest absolute Gasteiger partial charge is 0.354 e. The van der Waals surface area contributed by atoms with Gasteiger partial charge in [-0.2, -0.15) is 30.6 Å². The molecule has 0 saturated heterocycles. The quantitative estimate of drug-likeness (QED) is 0.0674. The molecule has 9 aromatic heterocycles. The number of esters is 2. The number of fused-ring (bicyclic) bond motifs is 18. The molecule has 0 saturated carbocycles. The van der Waals surface area contributed by atoms with E-state index in [2.05, 4.69) is 95.9 Å². The number of nitrogens with zero attached hydrogens (tertiary/aromatic N) is 18. The lowest BCUT2D eigenvalue weighted by atomic mass is 9.91. The molecule has 0 amide bonds. The topological polar surface area (TPSA) is 280 Å². The number of phenolic OH excluding ortho intramolecular Hbond substituents is 1. The molecule has 6 aromatic carbocycles. The maximum atomic E-state index is 13.4. The maximum absolute atomic E-state index is 13.4. The van der Waals surface area contributed by atoms with Crippen LogP contribution in [0.25, 0.3) is 66.1 Å². The van der Waals surface area contributed by atoms with Crippen LogP contribution in [0.1, 0.15) is 230 Å². The minimum absolute atomic E-state index is 0. The molecule has 34 heteroatoms. The van der Waals surface area contributed by atoms with Gasteiger partial charge in [-0.15, -0.1) is 35.3 Å². The number of aromatic hydroxyl groups is 1. The highest BCUT2D eigenvalue weighted by Crippen LogP contribution is 2.49. The van der Waals surface area contributed by atoms with Crippen LogP contribution < -0.4 is 9.47 Å². The summed E-state index contributed by atoms with van der Waals surface area (Å²) in [6.45, 7) is 18.2. The number of carboxylic acids is 1. The Morgan fingerprint density at radius 1 is 0.476 bits per heavy atom. The zero-order valence-corrected chi connectivity index (χ0v) is 90.2. The van der Waals surface area contributed by atoms with E-state index in [4.69, 9.17) is 84.3 Å². The van der Waals surface area contributed by atoms with Crippen LogP contribution in [-0.2, 0) is 166 Å². The molecule has 11 heterocycles. The van der Waals surface area contributed by atoms with E-state index >= 15 is 0 Å². The third kappa shape index (κ3) is 22.4. The van der Waals surface area contributed by atoms with Crippen LogP contribution in [0.4, 0.5) is 0 Å². The molecule has 20 rings (SSSR count). The normalized spacial score (nSPS) is 14.7. The first kappa shape index (κ1) is 110. The first-order valence-electron chi connectivity index (χ1n) is 49.7. The van der Waals surface area contributed by atoms with E-state index in [9.17, 15) is 29.7 Å². The number of methoxy groups -OCH3 is 2. The average Bonchev–Trinajstić information content (AvgIpc) is 1.58. The number of ether oxygens (including phenoxy) is 4. The number of aromatic nitrogens is 15. The van der Waals surface area contributed by atoms with Crippen molar-refractivity contribution in [2.24, 2.45) is 42.3 Å². The molecule has 147 heavy (non-hydrogen) atoms. The molecule has 15 aromatic rings. The number of thioether (sulfide) groups is 3. The first-order valence-corrected chi connectivity index (χ1v) is 53.8. The first-order chi connectivity index (χ1) is 69.3. The lowest BCUT2D eigenvalue weighted by Gasteiger charge is -2.21. The summed E-state index contributed by atoms with van der Waals surface area (Å²) < 4.78 is 41.2. The molecule has 28 nitrogen and oxygen atoms in total. The molecule has 3 N–H and O–H groups in total. The van der Waals surface area contributed by atoms with Crippen LogP contribution in [0.3, 0.4) is 0 Å². The fraction of sp³-hybridized carbons (Fsp3) is 0.442. The Bertz CT molecular complexity index is 7470. The second-order valence-electron chi connectivity index (χ2n) is 39.1. The van der Waals surface area contributed by atoms with Gasteiger partial charge < -0.3 is 48.0 Å². The summed E-state index contributed by atoms with van der Waals surface area (Å²) in [6, 6.07) is 31.4. The highest BCUT2D eigenvalue weighted by Gasteiger charge is 2.35. The number of aliphatic hydroxyl groups excluding tert-OH is 1. The Balaban J connectivity index is 0.000000164.